The molecule has 7 nitrogen and oxygen atoms in total. The third-order valence-electron chi connectivity index (χ3n) is 4.98. The summed E-state index contributed by atoms with van der Waals surface area (Å²) in [6.45, 7) is 2.04. The molecule has 0 atom stereocenters. The van der Waals surface area contributed by atoms with Crippen LogP contribution in [0.3, 0.4) is 0 Å². The summed E-state index contributed by atoms with van der Waals surface area (Å²) in [5.41, 5.74) is 2.03. The summed E-state index contributed by atoms with van der Waals surface area (Å²) in [7, 11) is 0.779. The molecule has 0 fully saturated rings. The van der Waals surface area contributed by atoms with E-state index in [1.54, 1.807) is 57.5 Å². The van der Waals surface area contributed by atoms with Gasteiger partial charge >= 0.3 is 0 Å². The van der Waals surface area contributed by atoms with E-state index in [-0.39, 0.29) is 16.4 Å². The fourth-order valence-electron chi connectivity index (χ4n) is 3.29. The smallest absolute Gasteiger partial charge is 0.262 e. The van der Waals surface area contributed by atoms with Crippen LogP contribution >= 0.6 is 0 Å². The third kappa shape index (κ3) is 5.20. The first-order valence-electron chi connectivity index (χ1n) is 9.90. The lowest BCUT2D eigenvalue weighted by Gasteiger charge is -2.19. The molecule has 0 radical (unpaired) electrons. The van der Waals surface area contributed by atoms with E-state index in [2.05, 4.69) is 4.72 Å². The first-order valence-corrected chi connectivity index (χ1v) is 11.4. The van der Waals surface area contributed by atoms with Gasteiger partial charge in [-0.1, -0.05) is 30.3 Å². The molecule has 3 aromatic rings. The molecule has 0 heterocycles. The van der Waals surface area contributed by atoms with E-state index in [9.17, 15) is 13.2 Å². The number of para-hydroxylation sites is 2. The second-order valence-corrected chi connectivity index (χ2v) is 8.95. The molecule has 0 bridgehead atoms. The van der Waals surface area contributed by atoms with Crippen molar-refractivity contribution in [2.45, 2.75) is 18.4 Å². The molecule has 8 heteroatoms. The zero-order valence-corrected chi connectivity index (χ0v) is 19.3. The van der Waals surface area contributed by atoms with E-state index in [0.717, 1.165) is 5.56 Å². The SMILES string of the molecule is COc1cccc(CN(C)C(=O)c2ccc(C)c(S(=O)(=O)Nc3ccccc3OC)c2)c1. The predicted molar refractivity (Wildman–Crippen MR) is 124 cm³/mol. The van der Waals surface area contributed by atoms with Crippen LogP contribution < -0.4 is 14.2 Å². The van der Waals surface area contributed by atoms with Gasteiger partial charge in [-0.2, -0.15) is 0 Å². The molecule has 0 aliphatic carbocycles. The number of hydrogen-bond acceptors (Lipinski definition) is 5. The number of carbonyl (C=O) groups is 1. The zero-order valence-electron chi connectivity index (χ0n) is 18.5. The maximum atomic E-state index is 13.1. The Kier molecular flexibility index (Phi) is 7.05. The number of nitrogens with one attached hydrogen (secondary N) is 1. The van der Waals surface area contributed by atoms with Crippen LogP contribution in [0.1, 0.15) is 21.5 Å². The number of amides is 1. The number of aryl methyl sites for hydroxylation is 1. The zero-order chi connectivity index (χ0) is 23.3. The Bertz CT molecular complexity index is 1220. The number of benzene rings is 3. The van der Waals surface area contributed by atoms with Gasteiger partial charge in [0.05, 0.1) is 24.8 Å². The van der Waals surface area contributed by atoms with Gasteiger partial charge in [0.15, 0.2) is 0 Å². The molecule has 0 aliphatic rings. The number of rotatable bonds is 8. The minimum atomic E-state index is -3.94. The highest BCUT2D eigenvalue weighted by atomic mass is 32.2. The highest BCUT2D eigenvalue weighted by molar-refractivity contribution is 7.92. The van der Waals surface area contributed by atoms with E-state index in [4.69, 9.17) is 9.47 Å². The monoisotopic (exact) mass is 454 g/mol. The largest absolute Gasteiger partial charge is 0.497 e. The van der Waals surface area contributed by atoms with Crippen molar-refractivity contribution in [2.75, 3.05) is 26.0 Å². The number of sulfonamides is 1. The van der Waals surface area contributed by atoms with Gasteiger partial charge in [-0.25, -0.2) is 8.42 Å². The Morgan fingerprint density at radius 1 is 0.969 bits per heavy atom. The van der Waals surface area contributed by atoms with Crippen molar-refractivity contribution in [3.8, 4) is 11.5 Å². The minimum Gasteiger partial charge on any atom is -0.497 e. The predicted octanol–water partition coefficient (Wildman–Crippen LogP) is 4.09. The molecule has 0 aromatic heterocycles. The lowest BCUT2D eigenvalue weighted by atomic mass is 10.1. The van der Waals surface area contributed by atoms with Gasteiger partial charge in [-0.15, -0.1) is 0 Å². The lowest BCUT2D eigenvalue weighted by Crippen LogP contribution is -2.26. The van der Waals surface area contributed by atoms with E-state index in [0.29, 0.717) is 29.3 Å². The number of anilines is 1. The highest BCUT2D eigenvalue weighted by Crippen LogP contribution is 2.28. The van der Waals surface area contributed by atoms with Gasteiger partial charge in [0.2, 0.25) is 0 Å². The van der Waals surface area contributed by atoms with Crippen molar-refractivity contribution in [1.82, 2.24) is 4.90 Å². The maximum Gasteiger partial charge on any atom is 0.262 e. The molecule has 0 saturated carbocycles. The molecule has 32 heavy (non-hydrogen) atoms. The average Bonchev–Trinajstić information content (AvgIpc) is 2.79. The van der Waals surface area contributed by atoms with Gasteiger partial charge in [-0.05, 0) is 54.4 Å². The van der Waals surface area contributed by atoms with Gasteiger partial charge in [0.1, 0.15) is 11.5 Å². The first-order chi connectivity index (χ1) is 15.2. The second kappa shape index (κ2) is 9.74. The normalized spacial score (nSPS) is 11.0. The van der Waals surface area contributed by atoms with Gasteiger partial charge in [-0.3, -0.25) is 9.52 Å². The van der Waals surface area contributed by atoms with E-state index in [1.165, 1.54) is 18.1 Å². The Balaban J connectivity index is 1.86. The molecule has 0 aliphatic heterocycles. The Morgan fingerprint density at radius 3 is 2.44 bits per heavy atom. The standard InChI is InChI=1S/C24H26N2O5S/c1-17-12-13-19(24(27)26(2)16-18-8-7-9-20(14-18)30-3)15-23(17)32(28,29)25-21-10-5-6-11-22(21)31-4/h5-15,25H,16H2,1-4H3. The van der Waals surface area contributed by atoms with E-state index < -0.39 is 10.0 Å². The van der Waals surface area contributed by atoms with Crippen LogP contribution in [0.4, 0.5) is 5.69 Å². The summed E-state index contributed by atoms with van der Waals surface area (Å²) >= 11 is 0. The van der Waals surface area contributed by atoms with Crippen LogP contribution in [-0.4, -0.2) is 40.5 Å². The second-order valence-electron chi connectivity index (χ2n) is 7.30. The molecule has 168 valence electrons. The molecule has 0 saturated heterocycles. The quantitative estimate of drug-likeness (QED) is 0.554. The first kappa shape index (κ1) is 23.1. The molecular formula is C24H26N2O5S. The molecule has 3 aromatic carbocycles. The van der Waals surface area contributed by atoms with Crippen molar-refractivity contribution in [3.63, 3.8) is 0 Å². The number of carbonyl (C=O) groups excluding carboxylic acids is 1. The maximum absolute atomic E-state index is 13.1. The van der Waals surface area contributed by atoms with Crippen LogP contribution in [0.5, 0.6) is 11.5 Å². The summed E-state index contributed by atoms with van der Waals surface area (Å²) in [4.78, 5) is 14.6. The summed E-state index contributed by atoms with van der Waals surface area (Å²) in [5, 5.41) is 0. The van der Waals surface area contributed by atoms with Crippen LogP contribution in [0, 0.1) is 6.92 Å². The summed E-state index contributed by atoms with van der Waals surface area (Å²) in [6, 6.07) is 18.8. The van der Waals surface area contributed by atoms with Gasteiger partial charge in [0.25, 0.3) is 15.9 Å². The topological polar surface area (TPSA) is 84.9 Å². The highest BCUT2D eigenvalue weighted by Gasteiger charge is 2.22. The molecule has 1 amide bonds. The fraction of sp³-hybridized carbons (Fsp3) is 0.208. The van der Waals surface area contributed by atoms with Crippen LogP contribution in [0.15, 0.2) is 71.6 Å². The number of hydrogen-bond donors (Lipinski definition) is 1. The molecule has 1 N–H and O–H groups in total. The van der Waals surface area contributed by atoms with Crippen molar-refractivity contribution in [2.24, 2.45) is 0 Å². The molecule has 0 spiro atoms. The third-order valence-corrected chi connectivity index (χ3v) is 6.48. The van der Waals surface area contributed by atoms with Crippen LogP contribution in [0.2, 0.25) is 0 Å². The summed E-state index contributed by atoms with van der Waals surface area (Å²) in [5.74, 6) is 0.815. The minimum absolute atomic E-state index is 0.0315. The molecular weight excluding hydrogens is 428 g/mol. The van der Waals surface area contributed by atoms with Crippen molar-refractivity contribution in [3.05, 3.63) is 83.4 Å². The fourth-order valence-corrected chi connectivity index (χ4v) is 4.63. The van der Waals surface area contributed by atoms with Crippen molar-refractivity contribution in [1.29, 1.82) is 0 Å². The van der Waals surface area contributed by atoms with Gasteiger partial charge in [0, 0.05) is 19.2 Å². The average molecular weight is 455 g/mol. The van der Waals surface area contributed by atoms with Crippen LogP contribution in [0.25, 0.3) is 0 Å². The molecule has 3 rings (SSSR count). The van der Waals surface area contributed by atoms with Crippen LogP contribution in [-0.2, 0) is 16.6 Å². The number of ether oxygens (including phenoxy) is 2. The van der Waals surface area contributed by atoms with Crippen molar-refractivity contribution < 1.29 is 22.7 Å². The van der Waals surface area contributed by atoms with E-state index in [1.807, 2.05) is 24.3 Å². The Morgan fingerprint density at radius 2 is 1.72 bits per heavy atom. The Labute approximate surface area is 188 Å². The number of methoxy groups -OCH3 is 2. The van der Waals surface area contributed by atoms with Gasteiger partial charge < -0.3 is 14.4 Å². The summed E-state index contributed by atoms with van der Waals surface area (Å²) in [6.07, 6.45) is 0. The summed E-state index contributed by atoms with van der Waals surface area (Å²) < 4.78 is 39.2. The van der Waals surface area contributed by atoms with Crippen molar-refractivity contribution >= 4 is 21.6 Å². The van der Waals surface area contributed by atoms with E-state index >= 15 is 0 Å². The number of nitrogens with zero attached hydrogens (tertiary/aromatic N) is 1. The Hall–Kier alpha value is -3.52. The lowest BCUT2D eigenvalue weighted by molar-refractivity contribution is 0.0784. The molecule has 0 unspecified atom stereocenters.